The fraction of sp³-hybridized carbons (Fsp3) is 0.176. The van der Waals surface area contributed by atoms with Crippen molar-refractivity contribution < 1.29 is 9.21 Å². The number of carbonyl (C=O) groups is 1. The molecule has 0 saturated carbocycles. The topological polar surface area (TPSA) is 107 Å². The molecule has 0 aliphatic rings. The lowest BCUT2D eigenvalue weighted by Gasteiger charge is -2.07. The molecular formula is C17H17N5O2. The van der Waals surface area contributed by atoms with E-state index in [0.717, 1.165) is 11.1 Å². The van der Waals surface area contributed by atoms with Gasteiger partial charge < -0.3 is 4.42 Å². The number of rotatable bonds is 3. The molecule has 0 bridgehead atoms. The summed E-state index contributed by atoms with van der Waals surface area (Å²) in [4.78, 5) is 16.2. The number of carbonyl (C=O) groups excluding carboxylic acids is 1. The number of nitrogen functional groups attached to an aromatic ring is 1. The van der Waals surface area contributed by atoms with Gasteiger partial charge in [0.15, 0.2) is 0 Å². The van der Waals surface area contributed by atoms with Crippen LogP contribution in [0, 0.1) is 20.8 Å². The van der Waals surface area contributed by atoms with Crippen molar-refractivity contribution in [3.63, 3.8) is 0 Å². The van der Waals surface area contributed by atoms with E-state index in [-0.39, 0.29) is 0 Å². The van der Waals surface area contributed by atoms with E-state index in [9.17, 15) is 4.79 Å². The van der Waals surface area contributed by atoms with Crippen LogP contribution in [-0.4, -0.2) is 21.1 Å². The molecule has 7 nitrogen and oxygen atoms in total. The van der Waals surface area contributed by atoms with Crippen molar-refractivity contribution in [1.29, 1.82) is 0 Å². The molecule has 3 N–H and O–H groups in total. The summed E-state index contributed by atoms with van der Waals surface area (Å²) < 4.78 is 5.80. The molecular weight excluding hydrogens is 306 g/mol. The summed E-state index contributed by atoms with van der Waals surface area (Å²) in [6.45, 7) is 5.54. The van der Waals surface area contributed by atoms with Crippen molar-refractivity contribution in [3.05, 3.63) is 52.8 Å². The maximum absolute atomic E-state index is 11.9. The van der Waals surface area contributed by atoms with Gasteiger partial charge in [-0.2, -0.15) is 0 Å². The molecule has 0 radical (unpaired) electrons. The predicted octanol–water partition coefficient (Wildman–Crippen LogP) is 2.33. The zero-order chi connectivity index (χ0) is 17.3. The van der Waals surface area contributed by atoms with Crippen molar-refractivity contribution in [3.8, 4) is 22.9 Å². The molecule has 3 rings (SSSR count). The molecule has 0 aliphatic carbocycles. The van der Waals surface area contributed by atoms with E-state index >= 15 is 0 Å². The zero-order valence-corrected chi connectivity index (χ0v) is 13.6. The van der Waals surface area contributed by atoms with E-state index in [0.29, 0.717) is 34.3 Å². The second-order valence-electron chi connectivity index (χ2n) is 5.46. The summed E-state index contributed by atoms with van der Waals surface area (Å²) in [5.74, 6) is 5.53. The molecule has 0 aliphatic heterocycles. The first-order chi connectivity index (χ1) is 11.5. The first-order valence-electron chi connectivity index (χ1n) is 7.40. The summed E-state index contributed by atoms with van der Waals surface area (Å²) in [6, 6.07) is 9.41. The molecule has 0 fully saturated rings. The number of aryl methyl sites for hydroxylation is 3. The average molecular weight is 323 g/mol. The van der Waals surface area contributed by atoms with Gasteiger partial charge in [-0.05, 0) is 38.5 Å². The first kappa shape index (κ1) is 15.8. The molecule has 1 aromatic carbocycles. The van der Waals surface area contributed by atoms with Gasteiger partial charge >= 0.3 is 0 Å². The monoisotopic (exact) mass is 323 g/mol. The van der Waals surface area contributed by atoms with Crippen LogP contribution in [0.3, 0.4) is 0 Å². The van der Waals surface area contributed by atoms with Crippen LogP contribution >= 0.6 is 0 Å². The number of nitrogens with zero attached hydrogens (tertiary/aromatic N) is 3. The van der Waals surface area contributed by atoms with Crippen LogP contribution < -0.4 is 11.3 Å². The number of nitrogens with two attached hydrogens (primary N) is 1. The van der Waals surface area contributed by atoms with Crippen molar-refractivity contribution in [2.24, 2.45) is 5.84 Å². The van der Waals surface area contributed by atoms with Gasteiger partial charge in [-0.25, -0.2) is 5.84 Å². The minimum Gasteiger partial charge on any atom is -0.416 e. The zero-order valence-electron chi connectivity index (χ0n) is 13.6. The number of hydrazine groups is 1. The van der Waals surface area contributed by atoms with E-state index in [2.05, 4.69) is 20.6 Å². The van der Waals surface area contributed by atoms with Gasteiger partial charge in [-0.3, -0.25) is 15.2 Å². The van der Waals surface area contributed by atoms with Crippen molar-refractivity contribution in [1.82, 2.24) is 20.6 Å². The number of amides is 1. The molecule has 2 aromatic heterocycles. The molecule has 0 atom stereocenters. The Morgan fingerprint density at radius 2 is 1.71 bits per heavy atom. The summed E-state index contributed by atoms with van der Waals surface area (Å²) in [5, 5.41) is 8.21. The average Bonchev–Trinajstić information content (AvgIpc) is 3.04. The van der Waals surface area contributed by atoms with Gasteiger partial charge in [-0.1, -0.05) is 18.2 Å². The molecule has 7 heteroatoms. The van der Waals surface area contributed by atoms with Gasteiger partial charge in [0.1, 0.15) is 0 Å². The number of nitrogens with one attached hydrogen (secondary N) is 1. The Bertz CT molecular complexity index is 917. The van der Waals surface area contributed by atoms with E-state index in [1.807, 2.05) is 38.1 Å². The maximum atomic E-state index is 11.9. The third-order valence-electron chi connectivity index (χ3n) is 3.81. The Morgan fingerprint density at radius 3 is 2.38 bits per heavy atom. The van der Waals surface area contributed by atoms with Gasteiger partial charge in [0, 0.05) is 5.56 Å². The summed E-state index contributed by atoms with van der Waals surface area (Å²) in [6.07, 6.45) is 0. The van der Waals surface area contributed by atoms with Crippen LogP contribution in [-0.2, 0) is 0 Å². The van der Waals surface area contributed by atoms with Gasteiger partial charge in [0.05, 0.1) is 22.5 Å². The van der Waals surface area contributed by atoms with E-state index in [1.54, 1.807) is 13.0 Å². The van der Waals surface area contributed by atoms with Crippen LogP contribution in [0.25, 0.3) is 22.9 Å². The SMILES string of the molecule is Cc1ccccc1-c1nnc(-c2cc(C(=O)NN)c(C)nc2C)o1. The second-order valence-corrected chi connectivity index (χ2v) is 5.46. The molecule has 3 aromatic rings. The molecule has 122 valence electrons. The van der Waals surface area contributed by atoms with Crippen molar-refractivity contribution in [2.45, 2.75) is 20.8 Å². The maximum Gasteiger partial charge on any atom is 0.267 e. The van der Waals surface area contributed by atoms with Gasteiger partial charge in [0.2, 0.25) is 11.8 Å². The van der Waals surface area contributed by atoms with Crippen LogP contribution in [0.15, 0.2) is 34.7 Å². The molecule has 0 unspecified atom stereocenters. The fourth-order valence-corrected chi connectivity index (χ4v) is 2.50. The Balaban J connectivity index is 2.08. The lowest BCUT2D eigenvalue weighted by molar-refractivity contribution is 0.0952. The smallest absolute Gasteiger partial charge is 0.267 e. The quantitative estimate of drug-likeness (QED) is 0.435. The van der Waals surface area contributed by atoms with E-state index < -0.39 is 5.91 Å². The van der Waals surface area contributed by atoms with E-state index in [1.165, 1.54) is 0 Å². The Kier molecular flexibility index (Phi) is 4.09. The van der Waals surface area contributed by atoms with Gasteiger partial charge in [-0.15, -0.1) is 10.2 Å². The highest BCUT2D eigenvalue weighted by Gasteiger charge is 2.18. The summed E-state index contributed by atoms with van der Waals surface area (Å²) in [7, 11) is 0. The number of aromatic nitrogens is 3. The third kappa shape index (κ3) is 2.77. The minimum absolute atomic E-state index is 0.310. The Labute approximate surface area is 138 Å². The third-order valence-corrected chi connectivity index (χ3v) is 3.81. The minimum atomic E-state index is -0.417. The largest absolute Gasteiger partial charge is 0.416 e. The summed E-state index contributed by atoms with van der Waals surface area (Å²) in [5.41, 5.74) is 6.27. The van der Waals surface area contributed by atoms with Crippen molar-refractivity contribution in [2.75, 3.05) is 0 Å². The lowest BCUT2D eigenvalue weighted by Crippen LogP contribution is -2.30. The normalized spacial score (nSPS) is 10.7. The lowest BCUT2D eigenvalue weighted by atomic mass is 10.1. The van der Waals surface area contributed by atoms with Gasteiger partial charge in [0.25, 0.3) is 5.91 Å². The van der Waals surface area contributed by atoms with Crippen LogP contribution in [0.5, 0.6) is 0 Å². The number of benzene rings is 1. The first-order valence-corrected chi connectivity index (χ1v) is 7.40. The molecule has 0 saturated heterocycles. The highest BCUT2D eigenvalue weighted by atomic mass is 16.4. The molecule has 0 spiro atoms. The van der Waals surface area contributed by atoms with Crippen LogP contribution in [0.2, 0.25) is 0 Å². The van der Waals surface area contributed by atoms with Crippen LogP contribution in [0.4, 0.5) is 0 Å². The van der Waals surface area contributed by atoms with Crippen molar-refractivity contribution >= 4 is 5.91 Å². The standard InChI is InChI=1S/C17H17N5O2/c1-9-6-4-5-7-12(9)16-21-22-17(24-16)14-8-13(15(23)20-18)10(2)19-11(14)3/h4-8H,18H2,1-3H3,(H,20,23). The Morgan fingerprint density at radius 1 is 1.04 bits per heavy atom. The fourth-order valence-electron chi connectivity index (χ4n) is 2.50. The highest BCUT2D eigenvalue weighted by Crippen LogP contribution is 2.28. The second kappa shape index (κ2) is 6.21. The predicted molar refractivity (Wildman–Crippen MR) is 88.8 cm³/mol. The Hall–Kier alpha value is -3.06. The summed E-state index contributed by atoms with van der Waals surface area (Å²) >= 11 is 0. The van der Waals surface area contributed by atoms with E-state index in [4.69, 9.17) is 10.3 Å². The number of hydrogen-bond acceptors (Lipinski definition) is 6. The highest BCUT2D eigenvalue weighted by molar-refractivity contribution is 5.95. The number of hydrogen-bond donors (Lipinski definition) is 2. The molecule has 2 heterocycles. The molecule has 24 heavy (non-hydrogen) atoms. The van der Waals surface area contributed by atoms with Crippen LogP contribution in [0.1, 0.15) is 27.3 Å². The molecule has 1 amide bonds. The number of pyridine rings is 1.